The number of methoxy groups -OCH3 is 1. The number of amides is 1. The summed E-state index contributed by atoms with van der Waals surface area (Å²) in [4.78, 5) is 28.0. The van der Waals surface area contributed by atoms with Gasteiger partial charge < -0.3 is 9.30 Å². The smallest absolute Gasteiger partial charge is 0.325 e. The second-order valence-electron chi connectivity index (χ2n) is 4.94. The highest BCUT2D eigenvalue weighted by Crippen LogP contribution is 2.31. The number of fused-ring (bicyclic) bond motifs is 1. The molecule has 0 fully saturated rings. The Kier molecular flexibility index (Phi) is 5.42. The molecule has 5 nitrogen and oxygen atoms in total. The molecule has 0 atom stereocenters. The Hall–Kier alpha value is -1.81. The Bertz CT molecular complexity index is 1100. The summed E-state index contributed by atoms with van der Waals surface area (Å²) in [6, 6.07) is 3.14. The molecule has 0 unspecified atom stereocenters. The van der Waals surface area contributed by atoms with Crippen LogP contribution in [-0.2, 0) is 16.1 Å². The van der Waals surface area contributed by atoms with Gasteiger partial charge in [-0.2, -0.15) is 4.99 Å². The van der Waals surface area contributed by atoms with Gasteiger partial charge in [-0.25, -0.2) is 8.78 Å². The minimum atomic E-state index is -0.884. The van der Waals surface area contributed by atoms with E-state index in [0.717, 1.165) is 33.3 Å². The minimum absolute atomic E-state index is 0.00158. The standard InChI is InChI=1S/C15H8Cl2F2N2O3S2/c1-24-11(22)5-21-12-8(19)2-6(18)3-9(12)25-15(21)20-14(23)7-4-10(16)26-13(7)17/h2-4H,5H2,1H3. The average molecular weight is 437 g/mol. The average Bonchev–Trinajstić information content (AvgIpc) is 3.06. The predicted octanol–water partition coefficient (Wildman–Crippen LogP) is 4.26. The van der Waals surface area contributed by atoms with E-state index < -0.39 is 30.1 Å². The van der Waals surface area contributed by atoms with Crippen LogP contribution < -0.4 is 4.80 Å². The molecule has 11 heteroatoms. The van der Waals surface area contributed by atoms with Crippen molar-refractivity contribution in [3.8, 4) is 0 Å². The Morgan fingerprint density at radius 2 is 1.96 bits per heavy atom. The maximum Gasteiger partial charge on any atom is 0.325 e. The van der Waals surface area contributed by atoms with Gasteiger partial charge in [-0.3, -0.25) is 9.59 Å². The van der Waals surface area contributed by atoms with Crippen molar-refractivity contribution in [2.75, 3.05) is 7.11 Å². The molecule has 2 heterocycles. The van der Waals surface area contributed by atoms with Crippen LogP contribution in [0.5, 0.6) is 0 Å². The van der Waals surface area contributed by atoms with E-state index in [1.165, 1.54) is 13.2 Å². The van der Waals surface area contributed by atoms with E-state index in [2.05, 4.69) is 9.73 Å². The van der Waals surface area contributed by atoms with Gasteiger partial charge in [0.05, 0.1) is 27.2 Å². The van der Waals surface area contributed by atoms with Gasteiger partial charge in [0.25, 0.3) is 5.91 Å². The summed E-state index contributed by atoms with van der Waals surface area (Å²) in [6.45, 7) is -0.400. The summed E-state index contributed by atoms with van der Waals surface area (Å²) in [6.07, 6.45) is 0. The SMILES string of the molecule is COC(=O)Cn1c(=NC(=O)c2cc(Cl)sc2Cl)sc2cc(F)cc(F)c21. The molecule has 0 saturated carbocycles. The molecule has 0 N–H and O–H groups in total. The normalized spacial score (nSPS) is 12.0. The van der Waals surface area contributed by atoms with Crippen LogP contribution in [0.25, 0.3) is 10.2 Å². The van der Waals surface area contributed by atoms with E-state index in [0.29, 0.717) is 10.4 Å². The number of thiazole rings is 1. The largest absolute Gasteiger partial charge is 0.468 e. The highest BCUT2D eigenvalue weighted by Gasteiger charge is 2.18. The minimum Gasteiger partial charge on any atom is -0.468 e. The maximum absolute atomic E-state index is 14.2. The summed E-state index contributed by atoms with van der Waals surface area (Å²) >= 11 is 13.6. The van der Waals surface area contributed by atoms with Crippen molar-refractivity contribution in [3.63, 3.8) is 0 Å². The molecule has 26 heavy (non-hydrogen) atoms. The fourth-order valence-electron chi connectivity index (χ4n) is 2.19. The van der Waals surface area contributed by atoms with Gasteiger partial charge in [-0.15, -0.1) is 11.3 Å². The molecule has 0 bridgehead atoms. The Labute approximate surface area is 163 Å². The molecule has 0 spiro atoms. The van der Waals surface area contributed by atoms with Gasteiger partial charge in [0, 0.05) is 6.07 Å². The van der Waals surface area contributed by atoms with Gasteiger partial charge >= 0.3 is 5.97 Å². The van der Waals surface area contributed by atoms with Crippen LogP contribution in [0.4, 0.5) is 8.78 Å². The first-order valence-electron chi connectivity index (χ1n) is 6.89. The Morgan fingerprint density at radius 3 is 2.58 bits per heavy atom. The van der Waals surface area contributed by atoms with Gasteiger partial charge in [-0.1, -0.05) is 34.5 Å². The summed E-state index contributed by atoms with van der Waals surface area (Å²) in [5.41, 5.74) is 0.0261. The predicted molar refractivity (Wildman–Crippen MR) is 96.0 cm³/mol. The number of carbonyl (C=O) groups excluding carboxylic acids is 2. The monoisotopic (exact) mass is 436 g/mol. The molecule has 1 amide bonds. The first-order chi connectivity index (χ1) is 12.3. The van der Waals surface area contributed by atoms with E-state index in [4.69, 9.17) is 23.2 Å². The lowest BCUT2D eigenvalue weighted by Gasteiger charge is -2.04. The van der Waals surface area contributed by atoms with Crippen molar-refractivity contribution < 1.29 is 23.1 Å². The molecular formula is C15H8Cl2F2N2O3S2. The molecule has 2 aromatic heterocycles. The molecule has 0 saturated heterocycles. The number of esters is 1. The molecule has 0 aliphatic carbocycles. The van der Waals surface area contributed by atoms with E-state index >= 15 is 0 Å². The zero-order valence-electron chi connectivity index (χ0n) is 12.9. The Balaban J connectivity index is 2.22. The molecule has 0 aliphatic rings. The van der Waals surface area contributed by atoms with Crippen LogP contribution in [-0.4, -0.2) is 23.6 Å². The number of hydrogen-bond acceptors (Lipinski definition) is 5. The van der Waals surface area contributed by atoms with E-state index in [1.807, 2.05) is 0 Å². The third-order valence-electron chi connectivity index (χ3n) is 3.29. The Morgan fingerprint density at radius 1 is 1.23 bits per heavy atom. The highest BCUT2D eigenvalue weighted by molar-refractivity contribution is 7.20. The first-order valence-corrected chi connectivity index (χ1v) is 9.28. The lowest BCUT2D eigenvalue weighted by atomic mass is 10.3. The third kappa shape index (κ3) is 3.66. The van der Waals surface area contributed by atoms with Crippen LogP contribution in [0.1, 0.15) is 10.4 Å². The second kappa shape index (κ2) is 7.43. The van der Waals surface area contributed by atoms with Gasteiger partial charge in [0.15, 0.2) is 10.6 Å². The number of halogens is 4. The van der Waals surface area contributed by atoms with Crippen molar-refractivity contribution in [2.45, 2.75) is 6.54 Å². The van der Waals surface area contributed by atoms with Crippen molar-refractivity contribution >= 4 is 68.0 Å². The number of nitrogens with zero attached hydrogens (tertiary/aromatic N) is 2. The zero-order valence-corrected chi connectivity index (χ0v) is 16.0. The third-order valence-corrected chi connectivity index (χ3v) is 5.81. The number of carbonyl (C=O) groups is 2. The second-order valence-corrected chi connectivity index (χ2v) is 8.23. The number of aromatic nitrogens is 1. The lowest BCUT2D eigenvalue weighted by molar-refractivity contribution is -0.141. The van der Waals surface area contributed by atoms with Crippen LogP contribution >= 0.6 is 45.9 Å². The van der Waals surface area contributed by atoms with Crippen molar-refractivity contribution in [3.05, 3.63) is 48.9 Å². The maximum atomic E-state index is 14.2. The number of thiophene rings is 1. The van der Waals surface area contributed by atoms with Crippen molar-refractivity contribution in [1.82, 2.24) is 4.57 Å². The van der Waals surface area contributed by atoms with E-state index in [9.17, 15) is 18.4 Å². The lowest BCUT2D eigenvalue weighted by Crippen LogP contribution is -2.22. The van der Waals surface area contributed by atoms with E-state index in [-0.39, 0.29) is 24.9 Å². The topological polar surface area (TPSA) is 60.7 Å². The highest BCUT2D eigenvalue weighted by atomic mass is 35.5. The molecule has 136 valence electrons. The number of benzene rings is 1. The van der Waals surface area contributed by atoms with Gasteiger partial charge in [0.2, 0.25) is 0 Å². The fraction of sp³-hybridized carbons (Fsp3) is 0.133. The van der Waals surface area contributed by atoms with E-state index in [1.54, 1.807) is 0 Å². The fourth-order valence-corrected chi connectivity index (χ4v) is 4.70. The van der Waals surface area contributed by atoms with Crippen molar-refractivity contribution in [1.29, 1.82) is 0 Å². The van der Waals surface area contributed by atoms with Gasteiger partial charge in [-0.05, 0) is 12.1 Å². The summed E-state index contributed by atoms with van der Waals surface area (Å²) < 4.78 is 34.1. The van der Waals surface area contributed by atoms with Crippen LogP contribution in [0.3, 0.4) is 0 Å². The van der Waals surface area contributed by atoms with Crippen LogP contribution in [0.2, 0.25) is 8.67 Å². The molecule has 3 aromatic rings. The quantitative estimate of drug-likeness (QED) is 0.576. The summed E-state index contributed by atoms with van der Waals surface area (Å²) in [5.74, 6) is -3.07. The van der Waals surface area contributed by atoms with Crippen LogP contribution in [0, 0.1) is 11.6 Å². The molecule has 3 rings (SSSR count). The first kappa shape index (κ1) is 19.0. The zero-order chi connectivity index (χ0) is 19.0. The summed E-state index contributed by atoms with van der Waals surface area (Å²) in [5, 5.41) is 0. The molecular weight excluding hydrogens is 429 g/mol. The molecule has 1 aromatic carbocycles. The molecule has 0 aliphatic heterocycles. The van der Waals surface area contributed by atoms with Crippen LogP contribution in [0.15, 0.2) is 23.2 Å². The number of rotatable bonds is 3. The molecule has 0 radical (unpaired) electrons. The number of hydrogen-bond donors (Lipinski definition) is 0. The van der Waals surface area contributed by atoms with Crippen molar-refractivity contribution in [2.24, 2.45) is 4.99 Å². The van der Waals surface area contributed by atoms with Gasteiger partial charge in [0.1, 0.15) is 16.7 Å². The summed E-state index contributed by atoms with van der Waals surface area (Å²) in [7, 11) is 1.17. The number of ether oxygens (including phenoxy) is 1.